The van der Waals surface area contributed by atoms with E-state index in [9.17, 15) is 18.5 Å². The van der Waals surface area contributed by atoms with Crippen LogP contribution >= 0.6 is 15.9 Å². The molecule has 0 amide bonds. The molecule has 0 aliphatic heterocycles. The highest BCUT2D eigenvalue weighted by atomic mass is 79.9. The molecular formula is C12H10BrN3O4S. The van der Waals surface area contributed by atoms with E-state index >= 15 is 0 Å². The number of hydrogen-bond acceptors (Lipinski definition) is 5. The lowest BCUT2D eigenvalue weighted by Gasteiger charge is -2.07. The Morgan fingerprint density at radius 2 is 2.05 bits per heavy atom. The molecule has 21 heavy (non-hydrogen) atoms. The molecule has 1 N–H and O–H groups in total. The normalized spacial score (nSPS) is 11.3. The van der Waals surface area contributed by atoms with Gasteiger partial charge in [-0.25, -0.2) is 13.1 Å². The van der Waals surface area contributed by atoms with E-state index in [-0.39, 0.29) is 6.54 Å². The van der Waals surface area contributed by atoms with Crippen molar-refractivity contribution in [1.29, 1.82) is 0 Å². The van der Waals surface area contributed by atoms with Gasteiger partial charge in [0.2, 0.25) is 10.0 Å². The number of nitrogens with one attached hydrogen (secondary N) is 1. The molecule has 110 valence electrons. The van der Waals surface area contributed by atoms with Gasteiger partial charge >= 0.3 is 0 Å². The Kier molecular flexibility index (Phi) is 4.66. The molecule has 2 aromatic rings. The van der Waals surface area contributed by atoms with Gasteiger partial charge in [-0.05, 0) is 24.3 Å². The summed E-state index contributed by atoms with van der Waals surface area (Å²) in [5.41, 5.74) is 0.0328. The Labute approximate surface area is 129 Å². The first-order chi connectivity index (χ1) is 9.90. The minimum atomic E-state index is -4.02. The van der Waals surface area contributed by atoms with Gasteiger partial charge in [0.05, 0.1) is 17.2 Å². The molecule has 2 rings (SSSR count). The molecule has 0 radical (unpaired) electrons. The number of hydrogen-bond donors (Lipinski definition) is 1. The SMILES string of the molecule is O=[N+]([O-])c1ccc(Br)cc1S(=O)(=O)NCc1ccccn1. The molecule has 1 aromatic carbocycles. The first kappa shape index (κ1) is 15.5. The predicted octanol–water partition coefficient (Wildman–Crippen LogP) is 2.23. The molecular weight excluding hydrogens is 362 g/mol. The third-order valence-corrected chi connectivity index (χ3v) is 4.50. The number of aromatic nitrogens is 1. The molecule has 0 saturated carbocycles. The Bertz CT molecular complexity index is 765. The fourth-order valence-electron chi connectivity index (χ4n) is 1.60. The van der Waals surface area contributed by atoms with Crippen molar-refractivity contribution in [2.24, 2.45) is 0 Å². The van der Waals surface area contributed by atoms with Crippen LogP contribution in [0.1, 0.15) is 5.69 Å². The van der Waals surface area contributed by atoms with Crippen LogP contribution in [0.4, 0.5) is 5.69 Å². The summed E-state index contributed by atoms with van der Waals surface area (Å²) in [5.74, 6) is 0. The number of sulfonamides is 1. The molecule has 0 bridgehead atoms. The Hall–Kier alpha value is -1.84. The van der Waals surface area contributed by atoms with E-state index in [4.69, 9.17) is 0 Å². The van der Waals surface area contributed by atoms with E-state index in [0.717, 1.165) is 6.07 Å². The molecule has 0 saturated heterocycles. The van der Waals surface area contributed by atoms with Crippen LogP contribution < -0.4 is 4.72 Å². The molecule has 0 unspecified atom stereocenters. The third-order valence-electron chi connectivity index (χ3n) is 2.58. The standard InChI is InChI=1S/C12H10BrN3O4S/c13-9-4-5-11(16(17)18)12(7-9)21(19,20)15-8-10-3-1-2-6-14-10/h1-7,15H,8H2. The first-order valence-electron chi connectivity index (χ1n) is 5.73. The van der Waals surface area contributed by atoms with Crippen LogP contribution in [-0.2, 0) is 16.6 Å². The van der Waals surface area contributed by atoms with Crippen molar-refractivity contribution >= 4 is 31.6 Å². The maximum Gasteiger partial charge on any atom is 0.289 e. The highest BCUT2D eigenvalue weighted by molar-refractivity contribution is 9.10. The average molecular weight is 372 g/mol. The molecule has 0 atom stereocenters. The largest absolute Gasteiger partial charge is 0.289 e. The van der Waals surface area contributed by atoms with Gasteiger partial charge in [-0.2, -0.15) is 0 Å². The number of rotatable bonds is 5. The lowest BCUT2D eigenvalue weighted by molar-refractivity contribution is -0.387. The van der Waals surface area contributed by atoms with E-state index in [2.05, 4.69) is 25.6 Å². The highest BCUT2D eigenvalue weighted by Gasteiger charge is 2.25. The van der Waals surface area contributed by atoms with Gasteiger partial charge in [-0.15, -0.1) is 0 Å². The minimum absolute atomic E-state index is 0.0488. The number of nitro benzene ring substituents is 1. The maximum absolute atomic E-state index is 12.2. The molecule has 1 aromatic heterocycles. The molecule has 0 spiro atoms. The zero-order valence-corrected chi connectivity index (χ0v) is 13.0. The zero-order valence-electron chi connectivity index (χ0n) is 10.6. The van der Waals surface area contributed by atoms with Crippen molar-refractivity contribution in [3.63, 3.8) is 0 Å². The molecule has 9 heteroatoms. The zero-order chi connectivity index (χ0) is 15.5. The summed E-state index contributed by atoms with van der Waals surface area (Å²) < 4.78 is 27.2. The van der Waals surface area contributed by atoms with Crippen LogP contribution in [0.5, 0.6) is 0 Å². The van der Waals surface area contributed by atoms with Crippen LogP contribution in [-0.4, -0.2) is 18.3 Å². The first-order valence-corrected chi connectivity index (χ1v) is 8.01. The third kappa shape index (κ3) is 3.84. The topological polar surface area (TPSA) is 102 Å². The lowest BCUT2D eigenvalue weighted by atomic mass is 10.3. The van der Waals surface area contributed by atoms with E-state index in [0.29, 0.717) is 10.2 Å². The molecule has 0 aliphatic carbocycles. The monoisotopic (exact) mass is 371 g/mol. The summed E-state index contributed by atoms with van der Waals surface area (Å²) in [5, 5.41) is 10.9. The molecule has 0 aliphatic rings. The lowest BCUT2D eigenvalue weighted by Crippen LogP contribution is -2.24. The molecule has 1 heterocycles. The van der Waals surface area contributed by atoms with Crippen LogP contribution in [0.2, 0.25) is 0 Å². The van der Waals surface area contributed by atoms with Gasteiger partial charge in [0.15, 0.2) is 4.90 Å². The van der Waals surface area contributed by atoms with E-state index < -0.39 is 25.5 Å². The summed E-state index contributed by atoms with van der Waals surface area (Å²) in [6, 6.07) is 8.82. The van der Waals surface area contributed by atoms with Crippen LogP contribution in [0.25, 0.3) is 0 Å². The Balaban J connectivity index is 2.31. The summed E-state index contributed by atoms with van der Waals surface area (Å²) in [6.45, 7) is -0.0488. The van der Waals surface area contributed by atoms with Gasteiger partial charge in [-0.1, -0.05) is 22.0 Å². The van der Waals surface area contributed by atoms with E-state index in [1.807, 2.05) is 0 Å². The van der Waals surface area contributed by atoms with Crippen molar-refractivity contribution in [2.75, 3.05) is 0 Å². The number of pyridine rings is 1. The number of nitro groups is 1. The number of halogens is 1. The van der Waals surface area contributed by atoms with Gasteiger partial charge in [0.1, 0.15) is 0 Å². The van der Waals surface area contributed by atoms with Crippen molar-refractivity contribution in [3.8, 4) is 0 Å². The fourth-order valence-corrected chi connectivity index (χ4v) is 3.31. The Morgan fingerprint density at radius 3 is 2.67 bits per heavy atom. The summed E-state index contributed by atoms with van der Waals surface area (Å²) in [4.78, 5) is 13.8. The average Bonchev–Trinajstić information content (AvgIpc) is 2.46. The summed E-state index contributed by atoms with van der Waals surface area (Å²) >= 11 is 3.11. The minimum Gasteiger partial charge on any atom is -0.260 e. The van der Waals surface area contributed by atoms with Crippen molar-refractivity contribution in [3.05, 3.63) is 62.9 Å². The molecule has 0 fully saturated rings. The fraction of sp³-hybridized carbons (Fsp3) is 0.0833. The maximum atomic E-state index is 12.2. The van der Waals surface area contributed by atoms with Crippen LogP contribution in [0.15, 0.2) is 52.0 Å². The van der Waals surface area contributed by atoms with Gasteiger partial charge in [0.25, 0.3) is 5.69 Å². The van der Waals surface area contributed by atoms with Crippen LogP contribution in [0, 0.1) is 10.1 Å². The predicted molar refractivity (Wildman–Crippen MR) is 79.1 cm³/mol. The second-order valence-corrected chi connectivity index (χ2v) is 6.67. The highest BCUT2D eigenvalue weighted by Crippen LogP contribution is 2.27. The molecule has 7 nitrogen and oxygen atoms in total. The van der Waals surface area contributed by atoms with Gasteiger partial charge in [-0.3, -0.25) is 15.1 Å². The number of nitrogens with zero attached hydrogens (tertiary/aromatic N) is 2. The summed E-state index contributed by atoms with van der Waals surface area (Å²) in [6.07, 6.45) is 1.53. The van der Waals surface area contributed by atoms with Crippen molar-refractivity contribution < 1.29 is 13.3 Å². The summed E-state index contributed by atoms with van der Waals surface area (Å²) in [7, 11) is -4.02. The second-order valence-electron chi connectivity index (χ2n) is 4.01. The van der Waals surface area contributed by atoms with E-state index in [1.54, 1.807) is 18.2 Å². The van der Waals surface area contributed by atoms with Gasteiger partial charge < -0.3 is 0 Å². The van der Waals surface area contributed by atoms with Gasteiger partial charge in [0, 0.05) is 16.7 Å². The van der Waals surface area contributed by atoms with Crippen molar-refractivity contribution in [2.45, 2.75) is 11.4 Å². The van der Waals surface area contributed by atoms with E-state index in [1.165, 1.54) is 18.3 Å². The van der Waals surface area contributed by atoms with Crippen molar-refractivity contribution in [1.82, 2.24) is 9.71 Å². The second kappa shape index (κ2) is 6.29. The number of benzene rings is 1. The Morgan fingerprint density at radius 1 is 1.29 bits per heavy atom. The smallest absolute Gasteiger partial charge is 0.260 e. The van der Waals surface area contributed by atoms with Crippen LogP contribution in [0.3, 0.4) is 0 Å². The quantitative estimate of drug-likeness (QED) is 0.641.